The summed E-state index contributed by atoms with van der Waals surface area (Å²) in [5.74, 6) is 0.00933. The van der Waals surface area contributed by atoms with Gasteiger partial charge < -0.3 is 5.11 Å². The highest BCUT2D eigenvalue weighted by Gasteiger charge is 2.24. The van der Waals surface area contributed by atoms with Crippen molar-refractivity contribution in [2.24, 2.45) is 5.41 Å². The standard InChI is InChI=1S/C15H22O2/c1-5-11-6-8-12(9-7-11)13(16)10-14(17)15(2,3)4/h6-9,14,17H,5,10H2,1-4H3. The first kappa shape index (κ1) is 13.9. The summed E-state index contributed by atoms with van der Waals surface area (Å²) in [5.41, 5.74) is 1.65. The van der Waals surface area contributed by atoms with Gasteiger partial charge >= 0.3 is 0 Å². The highest BCUT2D eigenvalue weighted by atomic mass is 16.3. The molecule has 1 atom stereocenters. The number of hydrogen-bond acceptors (Lipinski definition) is 2. The molecule has 2 heteroatoms. The summed E-state index contributed by atoms with van der Waals surface area (Å²) in [6.45, 7) is 7.89. The molecule has 1 rings (SSSR count). The minimum Gasteiger partial charge on any atom is -0.392 e. The molecule has 1 unspecified atom stereocenters. The molecule has 0 fully saturated rings. The van der Waals surface area contributed by atoms with E-state index in [1.54, 1.807) is 0 Å². The molecule has 1 aromatic rings. The van der Waals surface area contributed by atoms with Crippen LogP contribution in [0.1, 0.15) is 50.0 Å². The van der Waals surface area contributed by atoms with Gasteiger partial charge in [0, 0.05) is 12.0 Å². The topological polar surface area (TPSA) is 37.3 Å². The molecule has 2 nitrogen and oxygen atoms in total. The van der Waals surface area contributed by atoms with E-state index in [9.17, 15) is 9.90 Å². The summed E-state index contributed by atoms with van der Waals surface area (Å²) in [6.07, 6.45) is 0.564. The van der Waals surface area contributed by atoms with Crippen molar-refractivity contribution in [1.82, 2.24) is 0 Å². The van der Waals surface area contributed by atoms with Crippen LogP contribution in [0.15, 0.2) is 24.3 Å². The number of aliphatic hydroxyl groups excluding tert-OH is 1. The molecule has 94 valence electrons. The Morgan fingerprint density at radius 2 is 1.76 bits per heavy atom. The summed E-state index contributed by atoms with van der Waals surface area (Å²) in [7, 11) is 0. The molecule has 0 amide bonds. The first-order valence-corrected chi connectivity index (χ1v) is 6.14. The van der Waals surface area contributed by atoms with Crippen LogP contribution in [0.3, 0.4) is 0 Å². The zero-order chi connectivity index (χ0) is 13.1. The maximum atomic E-state index is 11.9. The van der Waals surface area contributed by atoms with Crippen LogP contribution < -0.4 is 0 Å². The van der Waals surface area contributed by atoms with Gasteiger partial charge in [-0.1, -0.05) is 52.0 Å². The number of benzene rings is 1. The molecule has 1 aromatic carbocycles. The first-order valence-electron chi connectivity index (χ1n) is 6.14. The van der Waals surface area contributed by atoms with Crippen LogP contribution in [0, 0.1) is 5.41 Å². The third kappa shape index (κ3) is 3.97. The number of rotatable bonds is 4. The average Bonchev–Trinajstić information content (AvgIpc) is 2.27. The van der Waals surface area contributed by atoms with E-state index >= 15 is 0 Å². The Hall–Kier alpha value is -1.15. The number of carbonyl (C=O) groups is 1. The highest BCUT2D eigenvalue weighted by molar-refractivity contribution is 5.96. The molecule has 0 bridgehead atoms. The van der Waals surface area contributed by atoms with E-state index in [0.29, 0.717) is 5.56 Å². The van der Waals surface area contributed by atoms with E-state index in [2.05, 4.69) is 6.92 Å². The molecule has 0 aliphatic rings. The maximum absolute atomic E-state index is 11.9. The van der Waals surface area contributed by atoms with Gasteiger partial charge in [-0.05, 0) is 17.4 Å². The third-order valence-corrected chi connectivity index (χ3v) is 3.06. The average molecular weight is 234 g/mol. The van der Waals surface area contributed by atoms with E-state index in [1.165, 1.54) is 5.56 Å². The van der Waals surface area contributed by atoms with Crippen molar-refractivity contribution < 1.29 is 9.90 Å². The highest BCUT2D eigenvalue weighted by Crippen LogP contribution is 2.23. The molecular formula is C15H22O2. The lowest BCUT2D eigenvalue weighted by Crippen LogP contribution is -2.28. The van der Waals surface area contributed by atoms with Crippen LogP contribution in [0.5, 0.6) is 0 Å². The summed E-state index contributed by atoms with van der Waals surface area (Å²) < 4.78 is 0. The van der Waals surface area contributed by atoms with Crippen LogP contribution in [0.25, 0.3) is 0 Å². The number of carbonyl (C=O) groups excluding carboxylic acids is 1. The van der Waals surface area contributed by atoms with Crippen LogP contribution in [0.4, 0.5) is 0 Å². The van der Waals surface area contributed by atoms with Gasteiger partial charge in [-0.2, -0.15) is 0 Å². The molecule has 0 radical (unpaired) electrons. The van der Waals surface area contributed by atoms with E-state index in [4.69, 9.17) is 0 Å². The Labute approximate surface area is 104 Å². The maximum Gasteiger partial charge on any atom is 0.165 e. The number of aliphatic hydroxyl groups is 1. The van der Waals surface area contributed by atoms with Crippen LogP contribution in [-0.4, -0.2) is 17.0 Å². The Kier molecular flexibility index (Phi) is 4.47. The molecule has 1 N–H and O–H groups in total. The van der Waals surface area contributed by atoms with E-state index in [-0.39, 0.29) is 17.6 Å². The fourth-order valence-corrected chi connectivity index (χ4v) is 1.53. The molecule has 0 saturated heterocycles. The second-order valence-electron chi connectivity index (χ2n) is 5.56. The normalized spacial score (nSPS) is 13.5. The van der Waals surface area contributed by atoms with Gasteiger partial charge in [0.25, 0.3) is 0 Å². The smallest absolute Gasteiger partial charge is 0.165 e. The zero-order valence-corrected chi connectivity index (χ0v) is 11.2. The van der Waals surface area contributed by atoms with Gasteiger partial charge in [0.1, 0.15) is 0 Å². The second kappa shape index (κ2) is 5.46. The van der Waals surface area contributed by atoms with Crippen LogP contribution in [0.2, 0.25) is 0 Å². The Balaban J connectivity index is 2.70. The predicted octanol–water partition coefficient (Wildman–Crippen LogP) is 3.23. The Bertz CT molecular complexity index is 371. The molecule has 0 spiro atoms. The fraction of sp³-hybridized carbons (Fsp3) is 0.533. The molecule has 0 heterocycles. The quantitative estimate of drug-likeness (QED) is 0.812. The van der Waals surface area contributed by atoms with Crippen molar-refractivity contribution in [3.05, 3.63) is 35.4 Å². The SMILES string of the molecule is CCc1ccc(C(=O)CC(O)C(C)(C)C)cc1. The van der Waals surface area contributed by atoms with Gasteiger partial charge in [-0.3, -0.25) is 4.79 Å². The van der Waals surface area contributed by atoms with Gasteiger partial charge in [0.2, 0.25) is 0 Å². The number of aryl methyl sites for hydroxylation is 1. The minimum atomic E-state index is -0.596. The molecule has 0 aliphatic heterocycles. The Morgan fingerprint density at radius 1 is 1.24 bits per heavy atom. The van der Waals surface area contributed by atoms with Gasteiger partial charge in [-0.15, -0.1) is 0 Å². The van der Waals surface area contributed by atoms with Gasteiger partial charge in [0.05, 0.1) is 6.10 Å². The first-order chi connectivity index (χ1) is 7.84. The van der Waals surface area contributed by atoms with Gasteiger partial charge in [0.15, 0.2) is 5.78 Å². The van der Waals surface area contributed by atoms with Crippen molar-refractivity contribution >= 4 is 5.78 Å². The summed E-state index contributed by atoms with van der Waals surface area (Å²) in [5, 5.41) is 9.90. The van der Waals surface area contributed by atoms with Crippen molar-refractivity contribution in [2.75, 3.05) is 0 Å². The molecule has 0 aliphatic carbocycles. The van der Waals surface area contributed by atoms with E-state index < -0.39 is 6.10 Å². The van der Waals surface area contributed by atoms with Gasteiger partial charge in [-0.25, -0.2) is 0 Å². The number of ketones is 1. The van der Waals surface area contributed by atoms with E-state index in [0.717, 1.165) is 6.42 Å². The largest absolute Gasteiger partial charge is 0.392 e. The summed E-state index contributed by atoms with van der Waals surface area (Å²) in [4.78, 5) is 11.9. The molecular weight excluding hydrogens is 212 g/mol. The number of hydrogen-bond donors (Lipinski definition) is 1. The van der Waals surface area contributed by atoms with Crippen molar-refractivity contribution in [1.29, 1.82) is 0 Å². The van der Waals surface area contributed by atoms with Crippen molar-refractivity contribution in [3.8, 4) is 0 Å². The molecule has 0 aromatic heterocycles. The molecule has 0 saturated carbocycles. The van der Waals surface area contributed by atoms with Crippen molar-refractivity contribution in [2.45, 2.75) is 46.6 Å². The fourth-order valence-electron chi connectivity index (χ4n) is 1.53. The molecule has 17 heavy (non-hydrogen) atoms. The number of Topliss-reactive ketones (excluding diaryl/α,β-unsaturated/α-hetero) is 1. The Morgan fingerprint density at radius 3 is 2.18 bits per heavy atom. The van der Waals surface area contributed by atoms with Crippen LogP contribution in [-0.2, 0) is 6.42 Å². The van der Waals surface area contributed by atoms with E-state index in [1.807, 2.05) is 45.0 Å². The third-order valence-electron chi connectivity index (χ3n) is 3.06. The minimum absolute atomic E-state index is 0.00933. The summed E-state index contributed by atoms with van der Waals surface area (Å²) >= 11 is 0. The lowest BCUT2D eigenvalue weighted by molar-refractivity contribution is 0.0494. The lowest BCUT2D eigenvalue weighted by Gasteiger charge is -2.25. The predicted molar refractivity (Wildman–Crippen MR) is 70.2 cm³/mol. The lowest BCUT2D eigenvalue weighted by atomic mass is 9.85. The summed E-state index contributed by atoms with van der Waals surface area (Å²) in [6, 6.07) is 7.63. The van der Waals surface area contributed by atoms with Crippen molar-refractivity contribution in [3.63, 3.8) is 0 Å². The monoisotopic (exact) mass is 234 g/mol. The zero-order valence-electron chi connectivity index (χ0n) is 11.2. The second-order valence-corrected chi connectivity index (χ2v) is 5.56. The van der Waals surface area contributed by atoms with Crippen LogP contribution >= 0.6 is 0 Å².